The zero-order chi connectivity index (χ0) is 21.7. The van der Waals surface area contributed by atoms with Crippen LogP contribution < -0.4 is 0 Å². The summed E-state index contributed by atoms with van der Waals surface area (Å²) in [6.45, 7) is 1.57. The number of fused-ring (bicyclic) bond motifs is 2. The molecule has 6 rings (SSSR count). The highest BCUT2D eigenvalue weighted by Gasteiger charge is 2.18. The molecule has 0 atom stereocenters. The van der Waals surface area contributed by atoms with E-state index >= 15 is 0 Å². The Hall–Kier alpha value is -4.24. The smallest absolute Gasteiger partial charge is 0.169 e. The van der Waals surface area contributed by atoms with E-state index in [1.807, 2.05) is 42.5 Å². The molecule has 0 fully saturated rings. The van der Waals surface area contributed by atoms with Crippen molar-refractivity contribution in [3.63, 3.8) is 0 Å². The van der Waals surface area contributed by atoms with E-state index in [4.69, 9.17) is 9.97 Å². The van der Waals surface area contributed by atoms with Gasteiger partial charge in [0.05, 0.1) is 16.1 Å². The minimum absolute atomic E-state index is 0.0488. The molecule has 0 spiro atoms. The van der Waals surface area contributed by atoms with E-state index in [1.54, 1.807) is 25.5 Å². The van der Waals surface area contributed by atoms with Crippen molar-refractivity contribution in [1.82, 2.24) is 35.1 Å². The molecule has 0 saturated carbocycles. The number of aromatic amines is 2. The standard InChI is InChI=1S/C23H15N7OS/c1-12(31)17-6-7-18(32-17)14-8-10-25-22-19(14)27-23(28-22)21-20-16(29-30-21)5-4-15(26-20)13-3-2-9-24-11-13/h2-11H,1H3,(H,29,30)(H,25,27,28). The predicted octanol–water partition coefficient (Wildman–Crippen LogP) is 4.89. The van der Waals surface area contributed by atoms with Crippen LogP contribution in [0.2, 0.25) is 0 Å². The van der Waals surface area contributed by atoms with Gasteiger partial charge in [0.15, 0.2) is 22.9 Å². The Morgan fingerprint density at radius 3 is 2.75 bits per heavy atom. The number of imidazole rings is 1. The van der Waals surface area contributed by atoms with Gasteiger partial charge in [0.1, 0.15) is 11.0 Å². The largest absolute Gasteiger partial charge is 0.321 e. The fourth-order valence-corrected chi connectivity index (χ4v) is 4.56. The average Bonchev–Trinajstić information content (AvgIpc) is 3.56. The van der Waals surface area contributed by atoms with Crippen LogP contribution in [0.1, 0.15) is 16.6 Å². The zero-order valence-electron chi connectivity index (χ0n) is 16.8. The van der Waals surface area contributed by atoms with Gasteiger partial charge in [0.25, 0.3) is 0 Å². The molecule has 154 valence electrons. The second-order valence-electron chi connectivity index (χ2n) is 7.27. The predicted molar refractivity (Wildman–Crippen MR) is 123 cm³/mol. The third-order valence-corrected chi connectivity index (χ3v) is 6.41. The number of aromatic nitrogens is 7. The monoisotopic (exact) mass is 437 g/mol. The van der Waals surface area contributed by atoms with E-state index in [2.05, 4.69) is 25.1 Å². The molecule has 0 unspecified atom stereocenters. The SMILES string of the molecule is CC(=O)c1ccc(-c2ccnc3[nH]c(-c4n[nH]c5ccc(-c6cccnc6)nc45)nc23)s1. The summed E-state index contributed by atoms with van der Waals surface area (Å²) in [6, 6.07) is 13.4. The van der Waals surface area contributed by atoms with Crippen molar-refractivity contribution in [2.75, 3.05) is 0 Å². The first-order valence-corrected chi connectivity index (χ1v) is 10.7. The van der Waals surface area contributed by atoms with Crippen LogP contribution >= 0.6 is 11.3 Å². The minimum Gasteiger partial charge on any atom is -0.321 e. The van der Waals surface area contributed by atoms with Crippen LogP contribution in [-0.2, 0) is 0 Å². The van der Waals surface area contributed by atoms with Crippen LogP contribution in [0.3, 0.4) is 0 Å². The first-order chi connectivity index (χ1) is 15.7. The van der Waals surface area contributed by atoms with Crippen molar-refractivity contribution in [3.05, 3.63) is 65.9 Å². The van der Waals surface area contributed by atoms with Gasteiger partial charge in [0, 0.05) is 34.6 Å². The summed E-state index contributed by atoms with van der Waals surface area (Å²) in [5, 5.41) is 7.49. The van der Waals surface area contributed by atoms with Gasteiger partial charge in [0.2, 0.25) is 0 Å². The van der Waals surface area contributed by atoms with Crippen molar-refractivity contribution < 1.29 is 4.79 Å². The molecule has 0 aliphatic heterocycles. The number of pyridine rings is 3. The van der Waals surface area contributed by atoms with Gasteiger partial charge in [-0.3, -0.25) is 14.9 Å². The Bertz CT molecular complexity index is 1610. The summed E-state index contributed by atoms with van der Waals surface area (Å²) in [4.78, 5) is 34.9. The number of thiophene rings is 1. The summed E-state index contributed by atoms with van der Waals surface area (Å²) in [6.07, 6.45) is 5.24. The van der Waals surface area contributed by atoms with Crippen LogP contribution in [0, 0.1) is 0 Å². The van der Waals surface area contributed by atoms with Gasteiger partial charge < -0.3 is 4.98 Å². The van der Waals surface area contributed by atoms with Crippen molar-refractivity contribution in [1.29, 1.82) is 0 Å². The highest BCUT2D eigenvalue weighted by molar-refractivity contribution is 7.17. The molecule has 8 nitrogen and oxygen atoms in total. The van der Waals surface area contributed by atoms with E-state index in [-0.39, 0.29) is 5.78 Å². The lowest BCUT2D eigenvalue weighted by molar-refractivity contribution is 0.102. The first-order valence-electron chi connectivity index (χ1n) is 9.89. The lowest BCUT2D eigenvalue weighted by atomic mass is 10.2. The molecule has 0 saturated heterocycles. The topological polar surface area (TPSA) is 113 Å². The van der Waals surface area contributed by atoms with Gasteiger partial charge >= 0.3 is 0 Å². The van der Waals surface area contributed by atoms with E-state index in [0.29, 0.717) is 27.6 Å². The normalized spacial score (nSPS) is 11.4. The maximum Gasteiger partial charge on any atom is 0.169 e. The second kappa shape index (κ2) is 7.17. The average molecular weight is 437 g/mol. The molecule has 0 aliphatic carbocycles. The molecule has 0 bridgehead atoms. The number of rotatable bonds is 4. The van der Waals surface area contributed by atoms with Gasteiger partial charge in [-0.1, -0.05) is 0 Å². The fraction of sp³-hybridized carbons (Fsp3) is 0.0435. The zero-order valence-corrected chi connectivity index (χ0v) is 17.6. The lowest BCUT2D eigenvalue weighted by Crippen LogP contribution is -1.87. The molecular formula is C23H15N7OS. The maximum atomic E-state index is 11.7. The third kappa shape index (κ3) is 2.98. The molecule has 6 aromatic heterocycles. The van der Waals surface area contributed by atoms with Crippen LogP contribution in [0.4, 0.5) is 0 Å². The number of H-pyrrole nitrogens is 2. The molecular weight excluding hydrogens is 422 g/mol. The Balaban J connectivity index is 1.49. The molecule has 2 N–H and O–H groups in total. The van der Waals surface area contributed by atoms with Crippen LogP contribution in [0.15, 0.2) is 61.1 Å². The third-order valence-electron chi connectivity index (χ3n) is 5.19. The summed E-state index contributed by atoms with van der Waals surface area (Å²) >= 11 is 1.45. The number of hydrogen-bond acceptors (Lipinski definition) is 7. The van der Waals surface area contributed by atoms with Gasteiger partial charge in [-0.25, -0.2) is 15.0 Å². The number of nitrogens with one attached hydrogen (secondary N) is 2. The van der Waals surface area contributed by atoms with E-state index in [0.717, 1.165) is 32.7 Å². The van der Waals surface area contributed by atoms with Gasteiger partial charge in [-0.2, -0.15) is 5.10 Å². The number of ketones is 1. The summed E-state index contributed by atoms with van der Waals surface area (Å²) in [7, 11) is 0. The van der Waals surface area contributed by atoms with Crippen LogP contribution in [-0.4, -0.2) is 40.9 Å². The molecule has 0 amide bonds. The molecule has 0 aliphatic rings. The van der Waals surface area contributed by atoms with Crippen molar-refractivity contribution in [2.45, 2.75) is 6.92 Å². The number of carbonyl (C=O) groups is 1. The molecule has 0 aromatic carbocycles. The first kappa shape index (κ1) is 18.5. The van der Waals surface area contributed by atoms with Crippen molar-refractivity contribution >= 4 is 39.3 Å². The summed E-state index contributed by atoms with van der Waals surface area (Å²) in [5.41, 5.74) is 6.15. The van der Waals surface area contributed by atoms with Crippen LogP contribution in [0.25, 0.3) is 55.4 Å². The quantitative estimate of drug-likeness (QED) is 0.380. The van der Waals surface area contributed by atoms with E-state index in [9.17, 15) is 4.79 Å². The highest BCUT2D eigenvalue weighted by Crippen LogP contribution is 2.34. The summed E-state index contributed by atoms with van der Waals surface area (Å²) in [5.74, 6) is 0.623. The molecule has 6 aromatic rings. The van der Waals surface area contributed by atoms with Gasteiger partial charge in [-0.05, 0) is 49.4 Å². The molecule has 32 heavy (non-hydrogen) atoms. The fourth-order valence-electron chi connectivity index (χ4n) is 3.63. The molecule has 9 heteroatoms. The number of carbonyl (C=O) groups excluding carboxylic acids is 1. The lowest BCUT2D eigenvalue weighted by Gasteiger charge is -2.00. The number of Topliss-reactive ketones (excluding diaryl/α,β-unsaturated/α-hetero) is 1. The highest BCUT2D eigenvalue weighted by atomic mass is 32.1. The Kier molecular flexibility index (Phi) is 4.15. The minimum atomic E-state index is 0.0488. The second-order valence-corrected chi connectivity index (χ2v) is 8.35. The maximum absolute atomic E-state index is 11.7. The molecule has 6 heterocycles. The Morgan fingerprint density at radius 2 is 1.94 bits per heavy atom. The Labute approximate surface area is 185 Å². The van der Waals surface area contributed by atoms with E-state index < -0.39 is 0 Å². The summed E-state index contributed by atoms with van der Waals surface area (Å²) < 4.78 is 0. The van der Waals surface area contributed by atoms with Crippen molar-refractivity contribution in [2.24, 2.45) is 0 Å². The van der Waals surface area contributed by atoms with Crippen LogP contribution in [0.5, 0.6) is 0 Å². The Morgan fingerprint density at radius 1 is 1.00 bits per heavy atom. The van der Waals surface area contributed by atoms with Gasteiger partial charge in [-0.15, -0.1) is 11.3 Å². The molecule has 0 radical (unpaired) electrons. The van der Waals surface area contributed by atoms with Crippen molar-refractivity contribution in [3.8, 4) is 33.2 Å². The number of hydrogen-bond donors (Lipinski definition) is 2. The van der Waals surface area contributed by atoms with E-state index in [1.165, 1.54) is 11.3 Å². The number of nitrogens with zero attached hydrogens (tertiary/aromatic N) is 5.